The van der Waals surface area contributed by atoms with Crippen molar-refractivity contribution in [1.82, 2.24) is 5.16 Å². The minimum absolute atomic E-state index is 0.238. The first-order chi connectivity index (χ1) is 13.4. The molecule has 1 heterocycles. The largest absolute Gasteiger partial charge is 0.361 e. The molecule has 0 aliphatic heterocycles. The number of nitrogens with zero attached hydrogens (tertiary/aromatic N) is 1. The molecule has 0 saturated heterocycles. The summed E-state index contributed by atoms with van der Waals surface area (Å²) in [4.78, 5) is 24.6. The molecule has 3 amide bonds. The Morgan fingerprint density at radius 1 is 1.07 bits per heavy atom. The highest BCUT2D eigenvalue weighted by molar-refractivity contribution is 7.98. The number of thioether (sulfide) groups is 1. The number of aromatic nitrogens is 1. The number of anilines is 2. The van der Waals surface area contributed by atoms with Crippen LogP contribution in [-0.4, -0.2) is 17.1 Å². The first kappa shape index (κ1) is 19.5. The van der Waals surface area contributed by atoms with E-state index in [0.717, 1.165) is 21.9 Å². The second-order valence-electron chi connectivity index (χ2n) is 6.11. The predicted octanol–water partition coefficient (Wildman–Crippen LogP) is 4.33. The van der Waals surface area contributed by atoms with Crippen LogP contribution in [0.25, 0.3) is 0 Å². The molecule has 0 unspecified atom stereocenters. The van der Waals surface area contributed by atoms with Crippen LogP contribution in [0.2, 0.25) is 0 Å². The molecule has 0 aliphatic carbocycles. The molecule has 0 bridgehead atoms. The van der Waals surface area contributed by atoms with Gasteiger partial charge < -0.3 is 20.9 Å². The standard InChI is InChI=1S/C20H20N4O3S/c1-12-17(13(2)27-24-12)11-28-18-9-4-3-8-16(18)19(25)22-14-6-5-7-15(10-14)23-20(21)26/h3-10H,11H2,1-2H3,(H,22,25)(H3,21,23,26). The number of benzene rings is 2. The zero-order valence-electron chi connectivity index (χ0n) is 15.5. The van der Waals surface area contributed by atoms with E-state index in [2.05, 4.69) is 15.8 Å². The van der Waals surface area contributed by atoms with Crippen molar-refractivity contribution >= 4 is 35.1 Å². The fourth-order valence-corrected chi connectivity index (χ4v) is 3.86. The van der Waals surface area contributed by atoms with Gasteiger partial charge in [0, 0.05) is 27.6 Å². The van der Waals surface area contributed by atoms with Crippen LogP contribution >= 0.6 is 11.8 Å². The molecule has 3 rings (SSSR count). The molecule has 0 radical (unpaired) electrons. The summed E-state index contributed by atoms with van der Waals surface area (Å²) >= 11 is 1.55. The van der Waals surface area contributed by atoms with Gasteiger partial charge in [0.2, 0.25) is 0 Å². The predicted molar refractivity (Wildman–Crippen MR) is 110 cm³/mol. The summed E-state index contributed by atoms with van der Waals surface area (Å²) in [6.07, 6.45) is 0. The highest BCUT2D eigenvalue weighted by Gasteiger charge is 2.15. The Hall–Kier alpha value is -3.26. The normalized spacial score (nSPS) is 10.5. The summed E-state index contributed by atoms with van der Waals surface area (Å²) in [7, 11) is 0. The molecule has 0 fully saturated rings. The summed E-state index contributed by atoms with van der Waals surface area (Å²) in [5, 5.41) is 9.30. The fraction of sp³-hybridized carbons (Fsp3) is 0.150. The molecule has 144 valence electrons. The lowest BCUT2D eigenvalue weighted by atomic mass is 10.2. The van der Waals surface area contributed by atoms with E-state index in [-0.39, 0.29) is 5.91 Å². The van der Waals surface area contributed by atoms with Gasteiger partial charge in [0.15, 0.2) is 0 Å². The Balaban J connectivity index is 1.75. The Bertz CT molecular complexity index is 997. The Kier molecular flexibility index (Phi) is 6.00. The molecule has 3 aromatic rings. The molecule has 0 aliphatic rings. The topological polar surface area (TPSA) is 110 Å². The maximum Gasteiger partial charge on any atom is 0.316 e. The minimum atomic E-state index is -0.662. The van der Waals surface area contributed by atoms with E-state index in [1.54, 1.807) is 42.1 Å². The lowest BCUT2D eigenvalue weighted by Gasteiger charge is -2.11. The van der Waals surface area contributed by atoms with Crippen LogP contribution in [0.5, 0.6) is 0 Å². The van der Waals surface area contributed by atoms with E-state index >= 15 is 0 Å². The quantitative estimate of drug-likeness (QED) is 0.537. The Morgan fingerprint density at radius 2 is 1.79 bits per heavy atom. The van der Waals surface area contributed by atoms with Crippen LogP contribution in [0.15, 0.2) is 57.9 Å². The van der Waals surface area contributed by atoms with Crippen molar-refractivity contribution in [2.75, 3.05) is 10.6 Å². The van der Waals surface area contributed by atoms with E-state index in [9.17, 15) is 9.59 Å². The van der Waals surface area contributed by atoms with Crippen LogP contribution in [0.1, 0.15) is 27.4 Å². The van der Waals surface area contributed by atoms with E-state index in [1.807, 2.05) is 32.0 Å². The number of rotatable bonds is 6. The van der Waals surface area contributed by atoms with E-state index < -0.39 is 6.03 Å². The third kappa shape index (κ3) is 4.72. The van der Waals surface area contributed by atoms with E-state index in [1.165, 1.54) is 0 Å². The van der Waals surface area contributed by atoms with Gasteiger partial charge in [-0.1, -0.05) is 23.4 Å². The highest BCUT2D eigenvalue weighted by atomic mass is 32.2. The maximum absolute atomic E-state index is 12.8. The molecule has 28 heavy (non-hydrogen) atoms. The third-order valence-electron chi connectivity index (χ3n) is 4.07. The second-order valence-corrected chi connectivity index (χ2v) is 7.13. The number of carbonyl (C=O) groups is 2. The zero-order chi connectivity index (χ0) is 20.1. The SMILES string of the molecule is Cc1noc(C)c1CSc1ccccc1C(=O)Nc1cccc(NC(N)=O)c1. The van der Waals surface area contributed by atoms with Crippen molar-refractivity contribution in [2.24, 2.45) is 5.73 Å². The summed E-state index contributed by atoms with van der Waals surface area (Å²) in [6, 6.07) is 13.5. The van der Waals surface area contributed by atoms with Crippen molar-refractivity contribution < 1.29 is 14.1 Å². The fourth-order valence-electron chi connectivity index (χ4n) is 2.65. The van der Waals surface area contributed by atoms with Gasteiger partial charge in [-0.05, 0) is 44.2 Å². The summed E-state index contributed by atoms with van der Waals surface area (Å²) in [5.74, 6) is 1.20. The molecule has 7 nitrogen and oxygen atoms in total. The number of amides is 3. The Labute approximate surface area is 166 Å². The number of hydrogen-bond donors (Lipinski definition) is 3. The molecule has 8 heteroatoms. The van der Waals surface area contributed by atoms with Gasteiger partial charge in [-0.15, -0.1) is 11.8 Å². The third-order valence-corrected chi connectivity index (χ3v) is 5.17. The van der Waals surface area contributed by atoms with Gasteiger partial charge in [-0.25, -0.2) is 4.79 Å². The van der Waals surface area contributed by atoms with Crippen molar-refractivity contribution in [1.29, 1.82) is 0 Å². The molecule has 0 saturated carbocycles. The van der Waals surface area contributed by atoms with Crippen LogP contribution in [-0.2, 0) is 5.75 Å². The van der Waals surface area contributed by atoms with E-state index in [0.29, 0.717) is 22.7 Å². The molecule has 0 spiro atoms. The average molecular weight is 396 g/mol. The smallest absolute Gasteiger partial charge is 0.316 e. The summed E-state index contributed by atoms with van der Waals surface area (Å²) < 4.78 is 5.20. The van der Waals surface area contributed by atoms with Crippen LogP contribution in [0, 0.1) is 13.8 Å². The van der Waals surface area contributed by atoms with Gasteiger partial charge in [0.1, 0.15) is 5.76 Å². The van der Waals surface area contributed by atoms with Gasteiger partial charge in [-0.3, -0.25) is 4.79 Å². The zero-order valence-corrected chi connectivity index (χ0v) is 16.3. The first-order valence-electron chi connectivity index (χ1n) is 8.55. The number of nitrogens with one attached hydrogen (secondary N) is 2. The summed E-state index contributed by atoms with van der Waals surface area (Å²) in [6.45, 7) is 3.78. The lowest BCUT2D eigenvalue weighted by Crippen LogP contribution is -2.19. The molecule has 0 atom stereocenters. The summed E-state index contributed by atoms with van der Waals surface area (Å²) in [5.41, 5.74) is 8.64. The van der Waals surface area contributed by atoms with Gasteiger partial charge in [-0.2, -0.15) is 0 Å². The van der Waals surface area contributed by atoms with Gasteiger partial charge in [0.05, 0.1) is 11.3 Å². The lowest BCUT2D eigenvalue weighted by molar-refractivity contribution is 0.102. The Morgan fingerprint density at radius 3 is 2.46 bits per heavy atom. The number of carbonyl (C=O) groups excluding carboxylic acids is 2. The average Bonchev–Trinajstić information content (AvgIpc) is 2.98. The van der Waals surface area contributed by atoms with Crippen LogP contribution < -0.4 is 16.4 Å². The highest BCUT2D eigenvalue weighted by Crippen LogP contribution is 2.29. The monoisotopic (exact) mass is 396 g/mol. The second kappa shape index (κ2) is 8.62. The number of hydrogen-bond acceptors (Lipinski definition) is 5. The maximum atomic E-state index is 12.8. The van der Waals surface area contributed by atoms with Crippen molar-refractivity contribution in [2.45, 2.75) is 24.5 Å². The van der Waals surface area contributed by atoms with E-state index in [4.69, 9.17) is 10.3 Å². The van der Waals surface area contributed by atoms with Gasteiger partial charge in [0.25, 0.3) is 5.91 Å². The van der Waals surface area contributed by atoms with Crippen molar-refractivity contribution in [3.8, 4) is 0 Å². The molecule has 1 aromatic heterocycles. The van der Waals surface area contributed by atoms with Crippen LogP contribution in [0.3, 0.4) is 0 Å². The molecule has 4 N–H and O–H groups in total. The molecular weight excluding hydrogens is 376 g/mol. The van der Waals surface area contributed by atoms with Crippen molar-refractivity contribution in [3.63, 3.8) is 0 Å². The number of nitrogens with two attached hydrogens (primary N) is 1. The van der Waals surface area contributed by atoms with Crippen molar-refractivity contribution in [3.05, 3.63) is 71.1 Å². The van der Waals surface area contributed by atoms with Crippen LogP contribution in [0.4, 0.5) is 16.2 Å². The number of urea groups is 1. The first-order valence-corrected chi connectivity index (χ1v) is 9.54. The van der Waals surface area contributed by atoms with Gasteiger partial charge >= 0.3 is 6.03 Å². The number of aryl methyl sites for hydroxylation is 2. The minimum Gasteiger partial charge on any atom is -0.361 e. The number of primary amides is 1. The molecule has 2 aromatic carbocycles. The molecular formula is C20H20N4O3S.